The van der Waals surface area contributed by atoms with Gasteiger partial charge in [0.05, 0.1) is 6.61 Å². The maximum atomic E-state index is 12.6. The lowest BCUT2D eigenvalue weighted by molar-refractivity contribution is 0.0681. The summed E-state index contributed by atoms with van der Waals surface area (Å²) in [6.07, 6.45) is 4.51. The van der Waals surface area contributed by atoms with Gasteiger partial charge in [-0.1, -0.05) is 13.8 Å². The third-order valence-corrected chi connectivity index (χ3v) is 4.64. The number of carbonyl (C=O) groups is 1. The Hall–Kier alpha value is -1.51. The van der Waals surface area contributed by atoms with Crippen molar-refractivity contribution >= 4 is 5.91 Å². The lowest BCUT2D eigenvalue weighted by Crippen LogP contribution is -2.38. The molecule has 0 aliphatic carbocycles. The zero-order valence-corrected chi connectivity index (χ0v) is 13.1. The summed E-state index contributed by atoms with van der Waals surface area (Å²) in [5.74, 6) is 2.69. The number of fused-ring (bicyclic) bond motifs is 1. The van der Waals surface area contributed by atoms with Gasteiger partial charge in [-0.2, -0.15) is 0 Å². The second-order valence-corrected chi connectivity index (χ2v) is 6.79. The first-order valence-corrected chi connectivity index (χ1v) is 8.18. The van der Waals surface area contributed by atoms with E-state index in [-0.39, 0.29) is 5.91 Å². The maximum Gasteiger partial charge on any atom is 0.253 e. The normalized spacial score (nSPS) is 18.7. The van der Waals surface area contributed by atoms with Crippen LogP contribution < -0.4 is 4.74 Å². The quantitative estimate of drug-likeness (QED) is 0.851. The van der Waals surface area contributed by atoms with Gasteiger partial charge in [-0.25, -0.2) is 0 Å². The summed E-state index contributed by atoms with van der Waals surface area (Å²) in [5.41, 5.74) is 2.00. The molecule has 0 unspecified atom stereocenters. The molecule has 3 rings (SSSR count). The smallest absolute Gasteiger partial charge is 0.253 e. The highest BCUT2D eigenvalue weighted by atomic mass is 16.5. The lowest BCUT2D eigenvalue weighted by Gasteiger charge is -2.32. The van der Waals surface area contributed by atoms with Crippen molar-refractivity contribution in [1.82, 2.24) is 4.90 Å². The first kappa shape index (κ1) is 14.4. The molecule has 1 fully saturated rings. The minimum absolute atomic E-state index is 0.188. The van der Waals surface area contributed by atoms with Crippen molar-refractivity contribution in [3.8, 4) is 5.75 Å². The van der Waals surface area contributed by atoms with Crippen molar-refractivity contribution in [3.63, 3.8) is 0 Å². The largest absolute Gasteiger partial charge is 0.493 e. The minimum atomic E-state index is 0.188. The van der Waals surface area contributed by atoms with Crippen LogP contribution in [0.25, 0.3) is 0 Å². The number of hydrogen-bond acceptors (Lipinski definition) is 2. The van der Waals surface area contributed by atoms with Gasteiger partial charge in [-0.15, -0.1) is 0 Å². The van der Waals surface area contributed by atoms with Crippen molar-refractivity contribution < 1.29 is 9.53 Å². The first-order valence-electron chi connectivity index (χ1n) is 8.18. The van der Waals surface area contributed by atoms with Gasteiger partial charge < -0.3 is 9.64 Å². The Kier molecular flexibility index (Phi) is 4.18. The standard InChI is InChI=1S/C18H25NO2/c1-13(2)11-14-5-8-19(9-6-14)18(20)16-3-4-17-15(12-16)7-10-21-17/h3-4,12-14H,5-11H2,1-2H3. The van der Waals surface area contributed by atoms with Gasteiger partial charge in [-0.3, -0.25) is 4.79 Å². The molecule has 0 bridgehead atoms. The van der Waals surface area contributed by atoms with E-state index in [4.69, 9.17) is 4.74 Å². The molecule has 2 aliphatic rings. The van der Waals surface area contributed by atoms with E-state index < -0.39 is 0 Å². The van der Waals surface area contributed by atoms with Crippen molar-refractivity contribution in [1.29, 1.82) is 0 Å². The third-order valence-electron chi connectivity index (χ3n) is 4.64. The predicted octanol–water partition coefficient (Wildman–Crippen LogP) is 3.52. The van der Waals surface area contributed by atoms with E-state index in [1.165, 1.54) is 12.0 Å². The molecular formula is C18H25NO2. The fourth-order valence-corrected chi connectivity index (χ4v) is 3.54. The van der Waals surface area contributed by atoms with Gasteiger partial charge in [0, 0.05) is 25.1 Å². The summed E-state index contributed by atoms with van der Waals surface area (Å²) in [4.78, 5) is 14.6. The van der Waals surface area contributed by atoms with E-state index in [1.54, 1.807) is 0 Å². The molecule has 0 saturated carbocycles. The van der Waals surface area contributed by atoms with E-state index in [1.807, 2.05) is 23.1 Å². The van der Waals surface area contributed by atoms with Crippen LogP contribution in [0.1, 0.15) is 49.0 Å². The summed E-state index contributed by atoms with van der Waals surface area (Å²) in [7, 11) is 0. The van der Waals surface area contributed by atoms with Crippen molar-refractivity contribution in [2.24, 2.45) is 11.8 Å². The molecule has 0 N–H and O–H groups in total. The Balaban J connectivity index is 1.61. The van der Waals surface area contributed by atoms with Gasteiger partial charge in [0.2, 0.25) is 0 Å². The summed E-state index contributed by atoms with van der Waals surface area (Å²) < 4.78 is 5.50. The van der Waals surface area contributed by atoms with Crippen LogP contribution in [0, 0.1) is 11.8 Å². The van der Waals surface area contributed by atoms with E-state index in [2.05, 4.69) is 13.8 Å². The molecule has 1 saturated heterocycles. The summed E-state index contributed by atoms with van der Waals surface area (Å²) >= 11 is 0. The molecule has 0 aromatic heterocycles. The molecule has 3 heteroatoms. The zero-order valence-electron chi connectivity index (χ0n) is 13.1. The average molecular weight is 287 g/mol. The van der Waals surface area contributed by atoms with Gasteiger partial charge >= 0.3 is 0 Å². The molecule has 0 atom stereocenters. The molecule has 2 heterocycles. The fraction of sp³-hybridized carbons (Fsp3) is 0.611. The van der Waals surface area contributed by atoms with E-state index in [0.717, 1.165) is 62.1 Å². The number of nitrogens with zero attached hydrogens (tertiary/aromatic N) is 1. The highest BCUT2D eigenvalue weighted by Crippen LogP contribution is 2.28. The number of rotatable bonds is 3. The number of piperidine rings is 1. The second kappa shape index (κ2) is 6.08. The molecule has 114 valence electrons. The SMILES string of the molecule is CC(C)CC1CCN(C(=O)c2ccc3c(c2)CCO3)CC1. The number of hydrogen-bond donors (Lipinski definition) is 0. The summed E-state index contributed by atoms with van der Waals surface area (Å²) in [6, 6.07) is 5.87. The van der Waals surface area contributed by atoms with E-state index >= 15 is 0 Å². The number of benzene rings is 1. The Morgan fingerprint density at radius 3 is 2.81 bits per heavy atom. The molecule has 21 heavy (non-hydrogen) atoms. The monoisotopic (exact) mass is 287 g/mol. The van der Waals surface area contributed by atoms with Crippen LogP contribution in [-0.2, 0) is 6.42 Å². The van der Waals surface area contributed by atoms with Gasteiger partial charge in [0.25, 0.3) is 5.91 Å². The third kappa shape index (κ3) is 3.22. The lowest BCUT2D eigenvalue weighted by atomic mass is 9.88. The van der Waals surface area contributed by atoms with Crippen LogP contribution in [0.2, 0.25) is 0 Å². The van der Waals surface area contributed by atoms with Crippen LogP contribution in [0.5, 0.6) is 5.75 Å². The Labute approximate surface area is 127 Å². The maximum absolute atomic E-state index is 12.6. The van der Waals surface area contributed by atoms with Crippen LogP contribution in [0.3, 0.4) is 0 Å². The number of ether oxygens (including phenoxy) is 1. The Bertz CT molecular complexity index is 516. The fourth-order valence-electron chi connectivity index (χ4n) is 3.54. The molecule has 1 amide bonds. The van der Waals surface area contributed by atoms with E-state index in [0.29, 0.717) is 0 Å². The highest BCUT2D eigenvalue weighted by Gasteiger charge is 2.25. The average Bonchev–Trinajstić information content (AvgIpc) is 2.94. The van der Waals surface area contributed by atoms with Crippen molar-refractivity contribution in [2.45, 2.75) is 39.5 Å². The van der Waals surface area contributed by atoms with Crippen molar-refractivity contribution in [2.75, 3.05) is 19.7 Å². The zero-order chi connectivity index (χ0) is 14.8. The molecule has 0 radical (unpaired) electrons. The van der Waals surface area contributed by atoms with Gasteiger partial charge in [-0.05, 0) is 54.9 Å². The molecular weight excluding hydrogens is 262 g/mol. The molecule has 1 aromatic rings. The van der Waals surface area contributed by atoms with E-state index in [9.17, 15) is 4.79 Å². The Morgan fingerprint density at radius 2 is 2.10 bits per heavy atom. The topological polar surface area (TPSA) is 29.5 Å². The predicted molar refractivity (Wildman–Crippen MR) is 83.7 cm³/mol. The first-order chi connectivity index (χ1) is 10.1. The second-order valence-electron chi connectivity index (χ2n) is 6.79. The van der Waals surface area contributed by atoms with Crippen LogP contribution in [0.4, 0.5) is 0 Å². The molecule has 1 aromatic carbocycles. The van der Waals surface area contributed by atoms with Crippen LogP contribution in [0.15, 0.2) is 18.2 Å². The molecule has 3 nitrogen and oxygen atoms in total. The highest BCUT2D eigenvalue weighted by molar-refractivity contribution is 5.94. The summed E-state index contributed by atoms with van der Waals surface area (Å²) in [6.45, 7) is 7.12. The molecule has 0 spiro atoms. The Morgan fingerprint density at radius 1 is 1.33 bits per heavy atom. The van der Waals surface area contributed by atoms with Gasteiger partial charge in [0.1, 0.15) is 5.75 Å². The number of likely N-dealkylation sites (tertiary alicyclic amines) is 1. The van der Waals surface area contributed by atoms with Crippen LogP contribution >= 0.6 is 0 Å². The van der Waals surface area contributed by atoms with Crippen molar-refractivity contribution in [3.05, 3.63) is 29.3 Å². The van der Waals surface area contributed by atoms with Gasteiger partial charge in [0.15, 0.2) is 0 Å². The number of carbonyl (C=O) groups excluding carboxylic acids is 1. The van der Waals surface area contributed by atoms with Crippen LogP contribution in [-0.4, -0.2) is 30.5 Å². The minimum Gasteiger partial charge on any atom is -0.493 e. The summed E-state index contributed by atoms with van der Waals surface area (Å²) in [5, 5.41) is 0. The number of amides is 1. The molecule has 2 aliphatic heterocycles.